The molecule has 2 N–H and O–H groups in total. The number of imidazole rings is 1. The molecule has 0 aliphatic carbocycles. The number of aromatic nitrogens is 5. The van der Waals surface area contributed by atoms with Gasteiger partial charge in [0.05, 0.1) is 34.3 Å². The van der Waals surface area contributed by atoms with E-state index in [-0.39, 0.29) is 0 Å². The van der Waals surface area contributed by atoms with Crippen LogP contribution >= 0.6 is 11.6 Å². The van der Waals surface area contributed by atoms with Crippen molar-refractivity contribution in [3.8, 4) is 11.3 Å². The Kier molecular flexibility index (Phi) is 5.56. The summed E-state index contributed by atoms with van der Waals surface area (Å²) in [7, 11) is 0. The highest BCUT2D eigenvalue weighted by Crippen LogP contribution is 2.30. The number of benzene rings is 1. The Morgan fingerprint density at radius 1 is 1.16 bits per heavy atom. The zero-order valence-corrected chi connectivity index (χ0v) is 18.3. The monoisotopic (exact) mass is 443 g/mol. The molecule has 1 aliphatic rings. The molecule has 1 aromatic carbocycles. The molecule has 0 amide bonds. The molecular weight excluding hydrogens is 422 g/mol. The molecule has 0 saturated heterocycles. The second kappa shape index (κ2) is 8.80. The predicted molar refractivity (Wildman–Crippen MR) is 129 cm³/mol. The number of aliphatic imine (C=N–C) groups is 1. The molecular formula is C24H22ClN7. The SMILES string of the molecule is CC1=NC(c2[nH]c(CNc3ccccc3Cl)nc2-c2ccc3ncnn3c2)=CCCC=C1. The first kappa shape index (κ1) is 20.2. The summed E-state index contributed by atoms with van der Waals surface area (Å²) >= 11 is 6.30. The molecule has 0 saturated carbocycles. The third-order valence-corrected chi connectivity index (χ3v) is 5.53. The lowest BCUT2D eigenvalue weighted by Gasteiger charge is -2.07. The summed E-state index contributed by atoms with van der Waals surface area (Å²) in [5.41, 5.74) is 6.14. The van der Waals surface area contributed by atoms with Gasteiger partial charge < -0.3 is 10.3 Å². The van der Waals surface area contributed by atoms with Gasteiger partial charge in [-0.25, -0.2) is 14.5 Å². The molecule has 3 aromatic heterocycles. The maximum atomic E-state index is 6.30. The second-order valence-corrected chi connectivity index (χ2v) is 7.95. The van der Waals surface area contributed by atoms with Crippen LogP contribution in [0.3, 0.4) is 0 Å². The van der Waals surface area contributed by atoms with Gasteiger partial charge in [0.25, 0.3) is 0 Å². The van der Waals surface area contributed by atoms with Crippen LogP contribution in [0.4, 0.5) is 5.69 Å². The number of H-pyrrole nitrogens is 1. The van der Waals surface area contributed by atoms with Crippen molar-refractivity contribution in [2.45, 2.75) is 26.3 Å². The largest absolute Gasteiger partial charge is 0.377 e. The summed E-state index contributed by atoms with van der Waals surface area (Å²) < 4.78 is 1.75. The summed E-state index contributed by atoms with van der Waals surface area (Å²) in [6.07, 6.45) is 11.7. The molecule has 0 spiro atoms. The topological polar surface area (TPSA) is 83.3 Å². The molecule has 7 nitrogen and oxygen atoms in total. The van der Waals surface area contributed by atoms with E-state index in [2.05, 4.69) is 38.6 Å². The number of hydrogen-bond acceptors (Lipinski definition) is 5. The molecule has 5 rings (SSSR count). The Balaban J connectivity index is 1.56. The van der Waals surface area contributed by atoms with Gasteiger partial charge in [-0.1, -0.05) is 35.9 Å². The fourth-order valence-electron chi connectivity index (χ4n) is 3.64. The number of nitrogens with one attached hydrogen (secondary N) is 2. The van der Waals surface area contributed by atoms with Crippen molar-refractivity contribution < 1.29 is 0 Å². The normalized spacial score (nSPS) is 14.1. The molecule has 0 radical (unpaired) electrons. The number of para-hydroxylation sites is 1. The van der Waals surface area contributed by atoms with E-state index in [0.717, 1.165) is 58.4 Å². The highest BCUT2D eigenvalue weighted by Gasteiger charge is 2.17. The number of aromatic amines is 1. The van der Waals surface area contributed by atoms with Gasteiger partial charge in [0.15, 0.2) is 5.65 Å². The van der Waals surface area contributed by atoms with E-state index in [9.17, 15) is 0 Å². The van der Waals surface area contributed by atoms with E-state index in [1.165, 1.54) is 0 Å². The van der Waals surface area contributed by atoms with Crippen molar-refractivity contribution in [2.75, 3.05) is 5.32 Å². The minimum atomic E-state index is 0.498. The first-order chi connectivity index (χ1) is 15.7. The minimum absolute atomic E-state index is 0.498. The Morgan fingerprint density at radius 2 is 2.06 bits per heavy atom. The lowest BCUT2D eigenvalue weighted by Crippen LogP contribution is -2.01. The summed E-state index contributed by atoms with van der Waals surface area (Å²) in [5, 5.41) is 8.30. The van der Waals surface area contributed by atoms with Crippen LogP contribution in [0.15, 0.2) is 72.1 Å². The van der Waals surface area contributed by atoms with Crippen LogP contribution in [0.1, 0.15) is 31.3 Å². The average molecular weight is 444 g/mol. The molecule has 160 valence electrons. The third kappa shape index (κ3) is 4.20. The molecule has 32 heavy (non-hydrogen) atoms. The second-order valence-electron chi connectivity index (χ2n) is 7.54. The van der Waals surface area contributed by atoms with Crippen LogP contribution in [-0.4, -0.2) is 30.3 Å². The van der Waals surface area contributed by atoms with E-state index in [1.54, 1.807) is 10.8 Å². The lowest BCUT2D eigenvalue weighted by molar-refractivity contribution is 0.960. The Morgan fingerprint density at radius 3 is 2.97 bits per heavy atom. The van der Waals surface area contributed by atoms with E-state index >= 15 is 0 Å². The van der Waals surface area contributed by atoms with Crippen molar-refractivity contribution in [3.63, 3.8) is 0 Å². The summed E-state index contributed by atoms with van der Waals surface area (Å²) in [4.78, 5) is 17.5. The van der Waals surface area contributed by atoms with Crippen LogP contribution in [0.2, 0.25) is 5.02 Å². The van der Waals surface area contributed by atoms with Gasteiger partial charge in [0.1, 0.15) is 12.2 Å². The fourth-order valence-corrected chi connectivity index (χ4v) is 3.84. The van der Waals surface area contributed by atoms with Crippen molar-refractivity contribution in [3.05, 3.63) is 83.7 Å². The summed E-state index contributed by atoms with van der Waals surface area (Å²) in [6.45, 7) is 2.51. The van der Waals surface area contributed by atoms with Gasteiger partial charge in [-0.15, -0.1) is 0 Å². The number of nitrogens with zero attached hydrogens (tertiary/aromatic N) is 5. The summed E-state index contributed by atoms with van der Waals surface area (Å²) in [5.74, 6) is 0.792. The number of fused-ring (bicyclic) bond motifs is 1. The van der Waals surface area contributed by atoms with E-state index in [1.807, 2.05) is 49.5 Å². The highest BCUT2D eigenvalue weighted by atomic mass is 35.5. The number of halogens is 1. The molecule has 4 aromatic rings. The number of pyridine rings is 1. The molecule has 1 aliphatic heterocycles. The number of anilines is 1. The maximum absolute atomic E-state index is 6.30. The molecule has 0 atom stereocenters. The van der Waals surface area contributed by atoms with Crippen LogP contribution < -0.4 is 5.32 Å². The zero-order valence-electron chi connectivity index (χ0n) is 17.6. The molecule has 0 bridgehead atoms. The van der Waals surface area contributed by atoms with Crippen molar-refractivity contribution in [1.82, 2.24) is 24.6 Å². The first-order valence-corrected chi connectivity index (χ1v) is 10.8. The van der Waals surface area contributed by atoms with E-state index in [0.29, 0.717) is 11.6 Å². The number of hydrogen-bond donors (Lipinski definition) is 2. The molecule has 0 unspecified atom stereocenters. The Bertz CT molecular complexity index is 1360. The minimum Gasteiger partial charge on any atom is -0.377 e. The molecule has 0 fully saturated rings. The predicted octanol–water partition coefficient (Wildman–Crippen LogP) is 5.54. The van der Waals surface area contributed by atoms with Crippen LogP contribution in [-0.2, 0) is 6.54 Å². The van der Waals surface area contributed by atoms with Crippen LogP contribution in [0.25, 0.3) is 22.6 Å². The standard InChI is InChI=1S/C24H22ClN7/c1-16-7-3-2-4-10-20(29-16)24-23(17-11-12-22-27-15-28-32(22)14-17)30-21(31-24)13-26-19-9-6-5-8-18(19)25/h3,5-12,14-15,26H,2,4,13H2,1H3,(H,30,31). The zero-order chi connectivity index (χ0) is 21.9. The average Bonchev–Trinajstić information content (AvgIpc) is 3.42. The van der Waals surface area contributed by atoms with Crippen LogP contribution in [0, 0.1) is 0 Å². The van der Waals surface area contributed by atoms with Gasteiger partial charge in [-0.3, -0.25) is 4.99 Å². The van der Waals surface area contributed by atoms with Crippen LogP contribution in [0.5, 0.6) is 0 Å². The van der Waals surface area contributed by atoms with Gasteiger partial charge in [-0.2, -0.15) is 5.10 Å². The smallest absolute Gasteiger partial charge is 0.155 e. The maximum Gasteiger partial charge on any atom is 0.155 e. The Labute approximate surface area is 190 Å². The fraction of sp³-hybridized carbons (Fsp3) is 0.167. The summed E-state index contributed by atoms with van der Waals surface area (Å²) in [6, 6.07) is 11.6. The third-order valence-electron chi connectivity index (χ3n) is 5.20. The van der Waals surface area contributed by atoms with Gasteiger partial charge >= 0.3 is 0 Å². The van der Waals surface area contributed by atoms with Gasteiger partial charge in [0, 0.05) is 17.5 Å². The van der Waals surface area contributed by atoms with Gasteiger partial charge in [0.2, 0.25) is 0 Å². The Hall–Kier alpha value is -3.71. The van der Waals surface area contributed by atoms with Crippen molar-refractivity contribution in [2.24, 2.45) is 4.99 Å². The van der Waals surface area contributed by atoms with Crippen molar-refractivity contribution >= 4 is 34.3 Å². The number of rotatable bonds is 5. The van der Waals surface area contributed by atoms with E-state index < -0.39 is 0 Å². The highest BCUT2D eigenvalue weighted by molar-refractivity contribution is 6.33. The quantitative estimate of drug-likeness (QED) is 0.424. The van der Waals surface area contributed by atoms with Gasteiger partial charge in [-0.05, 0) is 50.1 Å². The number of allylic oxidation sites excluding steroid dienone is 3. The molecule has 4 heterocycles. The van der Waals surface area contributed by atoms with E-state index in [4.69, 9.17) is 21.6 Å². The lowest BCUT2D eigenvalue weighted by atomic mass is 10.1. The first-order valence-electron chi connectivity index (χ1n) is 10.5. The van der Waals surface area contributed by atoms with Crippen molar-refractivity contribution in [1.29, 1.82) is 0 Å². The molecule has 8 heteroatoms.